The number of hydrogen-bond acceptors (Lipinski definition) is 4. The SMILES string of the molecule is N#C/C(=C/c1ccc(N2CCOCC2)o1)c1cccc(Cl)c1. The molecule has 1 aromatic carbocycles. The molecule has 4 nitrogen and oxygen atoms in total. The van der Waals surface area contributed by atoms with E-state index in [9.17, 15) is 5.26 Å². The molecule has 1 aliphatic rings. The maximum atomic E-state index is 9.36. The number of rotatable bonds is 3. The van der Waals surface area contributed by atoms with Crippen molar-refractivity contribution in [1.82, 2.24) is 0 Å². The highest BCUT2D eigenvalue weighted by molar-refractivity contribution is 6.30. The first-order valence-corrected chi connectivity index (χ1v) is 7.44. The van der Waals surface area contributed by atoms with Crippen LogP contribution in [-0.4, -0.2) is 26.3 Å². The highest BCUT2D eigenvalue weighted by Gasteiger charge is 2.14. The Balaban J connectivity index is 1.84. The van der Waals surface area contributed by atoms with Crippen molar-refractivity contribution < 1.29 is 9.15 Å². The molecule has 112 valence electrons. The number of halogens is 1. The Kier molecular flexibility index (Phi) is 4.47. The van der Waals surface area contributed by atoms with Crippen LogP contribution in [0.15, 0.2) is 40.8 Å². The molecule has 0 aliphatic carbocycles. The first kappa shape index (κ1) is 14.7. The van der Waals surface area contributed by atoms with Gasteiger partial charge in [0, 0.05) is 24.2 Å². The zero-order valence-corrected chi connectivity index (χ0v) is 12.7. The third-order valence-electron chi connectivity index (χ3n) is 3.48. The Bertz CT molecular complexity index is 724. The van der Waals surface area contributed by atoms with E-state index < -0.39 is 0 Å². The lowest BCUT2D eigenvalue weighted by Crippen LogP contribution is -2.35. The van der Waals surface area contributed by atoms with Crippen LogP contribution in [0.3, 0.4) is 0 Å². The van der Waals surface area contributed by atoms with E-state index in [2.05, 4.69) is 11.0 Å². The lowest BCUT2D eigenvalue weighted by molar-refractivity contribution is 0.120. The maximum Gasteiger partial charge on any atom is 0.196 e. The predicted molar refractivity (Wildman–Crippen MR) is 86.7 cm³/mol. The van der Waals surface area contributed by atoms with Gasteiger partial charge in [0.2, 0.25) is 0 Å². The number of allylic oxidation sites excluding steroid dienone is 1. The topological polar surface area (TPSA) is 49.4 Å². The number of morpholine rings is 1. The summed E-state index contributed by atoms with van der Waals surface area (Å²) in [5.74, 6) is 1.45. The smallest absolute Gasteiger partial charge is 0.196 e. The van der Waals surface area contributed by atoms with Crippen molar-refractivity contribution >= 4 is 29.1 Å². The van der Waals surface area contributed by atoms with Crippen LogP contribution in [0.25, 0.3) is 11.6 Å². The molecule has 0 bridgehead atoms. The van der Waals surface area contributed by atoms with E-state index in [-0.39, 0.29) is 0 Å². The molecule has 5 heteroatoms. The fourth-order valence-electron chi connectivity index (χ4n) is 2.35. The van der Waals surface area contributed by atoms with Crippen LogP contribution in [-0.2, 0) is 4.74 Å². The van der Waals surface area contributed by atoms with Gasteiger partial charge in [0.15, 0.2) is 5.88 Å². The fraction of sp³-hybridized carbons (Fsp3) is 0.235. The molecule has 1 saturated heterocycles. The van der Waals surface area contributed by atoms with E-state index in [1.165, 1.54) is 0 Å². The van der Waals surface area contributed by atoms with Gasteiger partial charge in [-0.05, 0) is 29.8 Å². The van der Waals surface area contributed by atoms with Crippen molar-refractivity contribution in [3.8, 4) is 6.07 Å². The summed E-state index contributed by atoms with van der Waals surface area (Å²) in [6.07, 6.45) is 1.73. The van der Waals surface area contributed by atoms with Gasteiger partial charge in [0.05, 0.1) is 24.9 Å². The van der Waals surface area contributed by atoms with Crippen molar-refractivity contribution in [2.45, 2.75) is 0 Å². The number of nitrogens with zero attached hydrogens (tertiary/aromatic N) is 2. The summed E-state index contributed by atoms with van der Waals surface area (Å²) < 4.78 is 11.1. The Morgan fingerprint density at radius 3 is 2.77 bits per heavy atom. The quantitative estimate of drug-likeness (QED) is 0.808. The number of furan rings is 1. The third-order valence-corrected chi connectivity index (χ3v) is 3.71. The van der Waals surface area contributed by atoms with Gasteiger partial charge >= 0.3 is 0 Å². The number of ether oxygens (including phenoxy) is 1. The van der Waals surface area contributed by atoms with Crippen molar-refractivity contribution in [2.75, 3.05) is 31.2 Å². The van der Waals surface area contributed by atoms with Gasteiger partial charge < -0.3 is 14.1 Å². The van der Waals surface area contributed by atoms with E-state index in [1.54, 1.807) is 18.2 Å². The minimum absolute atomic E-state index is 0.519. The fourth-order valence-corrected chi connectivity index (χ4v) is 2.54. The number of hydrogen-bond donors (Lipinski definition) is 0. The van der Waals surface area contributed by atoms with Gasteiger partial charge in [-0.25, -0.2) is 0 Å². The number of benzene rings is 1. The molecule has 1 aliphatic heterocycles. The molecule has 1 aromatic heterocycles. The zero-order valence-electron chi connectivity index (χ0n) is 12.0. The minimum Gasteiger partial charge on any atom is -0.441 e. The van der Waals surface area contributed by atoms with Crippen LogP contribution in [0.2, 0.25) is 5.02 Å². The number of nitriles is 1. The van der Waals surface area contributed by atoms with Gasteiger partial charge in [-0.15, -0.1) is 0 Å². The van der Waals surface area contributed by atoms with Gasteiger partial charge in [0.25, 0.3) is 0 Å². The molecule has 1 fully saturated rings. The average Bonchev–Trinajstić information content (AvgIpc) is 3.02. The molecule has 0 amide bonds. The van der Waals surface area contributed by atoms with E-state index in [0.29, 0.717) is 29.6 Å². The van der Waals surface area contributed by atoms with Gasteiger partial charge in [0.1, 0.15) is 5.76 Å². The van der Waals surface area contributed by atoms with Crippen molar-refractivity contribution in [3.05, 3.63) is 52.7 Å². The largest absolute Gasteiger partial charge is 0.441 e. The first-order chi connectivity index (χ1) is 10.8. The summed E-state index contributed by atoms with van der Waals surface area (Å²) in [7, 11) is 0. The minimum atomic E-state index is 0.519. The molecular weight excluding hydrogens is 300 g/mol. The molecule has 0 spiro atoms. The predicted octanol–water partition coefficient (Wildman–Crippen LogP) is 3.83. The average molecular weight is 315 g/mol. The van der Waals surface area contributed by atoms with Crippen LogP contribution in [0.1, 0.15) is 11.3 Å². The van der Waals surface area contributed by atoms with E-state index in [0.717, 1.165) is 24.5 Å². The van der Waals surface area contributed by atoms with E-state index in [4.69, 9.17) is 20.8 Å². The molecule has 0 saturated carbocycles. The molecule has 0 atom stereocenters. The lowest BCUT2D eigenvalue weighted by atomic mass is 10.1. The molecule has 0 radical (unpaired) electrons. The van der Waals surface area contributed by atoms with Gasteiger partial charge in [-0.3, -0.25) is 0 Å². The van der Waals surface area contributed by atoms with Gasteiger partial charge in [-0.2, -0.15) is 5.26 Å². The van der Waals surface area contributed by atoms with Crippen molar-refractivity contribution in [2.24, 2.45) is 0 Å². The van der Waals surface area contributed by atoms with E-state index in [1.807, 2.05) is 24.3 Å². The summed E-state index contributed by atoms with van der Waals surface area (Å²) >= 11 is 5.98. The Labute approximate surface area is 134 Å². The van der Waals surface area contributed by atoms with Crippen LogP contribution >= 0.6 is 11.6 Å². The monoisotopic (exact) mass is 314 g/mol. The van der Waals surface area contributed by atoms with Crippen LogP contribution in [0.4, 0.5) is 5.88 Å². The molecule has 2 aromatic rings. The highest BCUT2D eigenvalue weighted by atomic mass is 35.5. The van der Waals surface area contributed by atoms with Crippen LogP contribution in [0, 0.1) is 11.3 Å². The normalized spacial score (nSPS) is 15.6. The zero-order chi connectivity index (χ0) is 15.4. The molecule has 0 unspecified atom stereocenters. The number of anilines is 1. The Morgan fingerprint density at radius 1 is 1.23 bits per heavy atom. The van der Waals surface area contributed by atoms with Gasteiger partial charge in [-0.1, -0.05) is 23.7 Å². The summed E-state index contributed by atoms with van der Waals surface area (Å²) in [6, 6.07) is 13.2. The Hall–Kier alpha value is -2.22. The molecular formula is C17H15ClN2O2. The highest BCUT2D eigenvalue weighted by Crippen LogP contribution is 2.25. The van der Waals surface area contributed by atoms with Crippen molar-refractivity contribution in [1.29, 1.82) is 5.26 Å². The maximum absolute atomic E-state index is 9.36. The van der Waals surface area contributed by atoms with Crippen LogP contribution < -0.4 is 4.90 Å². The molecule has 0 N–H and O–H groups in total. The summed E-state index contributed by atoms with van der Waals surface area (Å²) in [4.78, 5) is 2.13. The molecule has 22 heavy (non-hydrogen) atoms. The second-order valence-electron chi connectivity index (χ2n) is 4.96. The Morgan fingerprint density at radius 2 is 2.05 bits per heavy atom. The third kappa shape index (κ3) is 3.33. The van der Waals surface area contributed by atoms with E-state index >= 15 is 0 Å². The summed E-state index contributed by atoms with van der Waals surface area (Å²) in [5, 5.41) is 9.96. The lowest BCUT2D eigenvalue weighted by Gasteiger charge is -2.26. The molecule has 3 rings (SSSR count). The second kappa shape index (κ2) is 6.69. The van der Waals surface area contributed by atoms with Crippen molar-refractivity contribution in [3.63, 3.8) is 0 Å². The standard InChI is InChI=1S/C17H15ClN2O2/c18-15-3-1-2-13(10-15)14(12-19)11-16-4-5-17(22-16)20-6-8-21-9-7-20/h1-5,10-11H,6-9H2/b14-11-. The summed E-state index contributed by atoms with van der Waals surface area (Å²) in [5.41, 5.74) is 1.30. The molecule has 2 heterocycles. The van der Waals surface area contributed by atoms with Crippen LogP contribution in [0.5, 0.6) is 0 Å². The second-order valence-corrected chi connectivity index (χ2v) is 5.39. The summed E-state index contributed by atoms with van der Waals surface area (Å²) in [6.45, 7) is 3.04. The first-order valence-electron chi connectivity index (χ1n) is 7.06.